The second-order valence-corrected chi connectivity index (χ2v) is 10.7. The van der Waals surface area contributed by atoms with Gasteiger partial charge in [0.1, 0.15) is 5.78 Å². The third-order valence-electron chi connectivity index (χ3n) is 9.82. The van der Waals surface area contributed by atoms with E-state index >= 15 is 0 Å². The van der Waals surface area contributed by atoms with Crippen molar-refractivity contribution in [1.82, 2.24) is 0 Å². The van der Waals surface area contributed by atoms with Gasteiger partial charge >= 0.3 is 0 Å². The highest BCUT2D eigenvalue weighted by Gasteiger charge is 2.65. The van der Waals surface area contributed by atoms with Crippen LogP contribution in [0.15, 0.2) is 0 Å². The van der Waals surface area contributed by atoms with Crippen molar-refractivity contribution in [2.45, 2.75) is 84.2 Å². The summed E-state index contributed by atoms with van der Waals surface area (Å²) in [6.07, 6.45) is 11.2. The normalized spacial score (nSPS) is 59.5. The summed E-state index contributed by atoms with van der Waals surface area (Å²) < 4.78 is 5.91. The van der Waals surface area contributed by atoms with E-state index in [-0.39, 0.29) is 5.60 Å². The summed E-state index contributed by atoms with van der Waals surface area (Å²) in [7, 11) is 0. The molecule has 0 aromatic heterocycles. The minimum Gasteiger partial charge on any atom is -0.370 e. The molecule has 24 heavy (non-hydrogen) atoms. The summed E-state index contributed by atoms with van der Waals surface area (Å²) in [5.74, 6) is 4.73. The molecule has 1 aliphatic heterocycles. The van der Waals surface area contributed by atoms with Crippen LogP contribution in [0.5, 0.6) is 0 Å². The first-order valence-electron chi connectivity index (χ1n) is 10.5. The summed E-state index contributed by atoms with van der Waals surface area (Å²) >= 11 is 0. The largest absolute Gasteiger partial charge is 0.370 e. The van der Waals surface area contributed by atoms with Gasteiger partial charge in [-0.05, 0) is 92.3 Å². The molecule has 5 rings (SSSR count). The third kappa shape index (κ3) is 1.95. The number of rotatable bonds is 1. The standard InChI is InChI=1S/C22H34O2/c1-20-10-8-15(23)12-14(20)4-5-16-17-6-7-19(22(3)13-24-22)21(17,2)11-9-18(16)20/h14,16-19H,4-13H2,1-3H3/t14-,16-,17-,18-,19-,20-,21-,22+/m0/s1. The Morgan fingerprint density at radius 1 is 0.917 bits per heavy atom. The Kier molecular flexibility index (Phi) is 3.22. The maximum Gasteiger partial charge on any atom is 0.133 e. The van der Waals surface area contributed by atoms with Crippen LogP contribution in [0.25, 0.3) is 0 Å². The number of hydrogen-bond donors (Lipinski definition) is 0. The molecule has 0 unspecified atom stereocenters. The lowest BCUT2D eigenvalue weighted by atomic mass is 9.44. The van der Waals surface area contributed by atoms with Crippen molar-refractivity contribution in [3.63, 3.8) is 0 Å². The molecule has 2 nitrogen and oxygen atoms in total. The van der Waals surface area contributed by atoms with E-state index in [0.29, 0.717) is 22.5 Å². The molecule has 2 heteroatoms. The van der Waals surface area contributed by atoms with Crippen LogP contribution in [0.3, 0.4) is 0 Å². The van der Waals surface area contributed by atoms with Crippen molar-refractivity contribution in [2.75, 3.05) is 6.61 Å². The van der Waals surface area contributed by atoms with Gasteiger partial charge < -0.3 is 4.74 Å². The van der Waals surface area contributed by atoms with Gasteiger partial charge in [-0.3, -0.25) is 4.79 Å². The van der Waals surface area contributed by atoms with Crippen LogP contribution in [-0.2, 0) is 9.53 Å². The van der Waals surface area contributed by atoms with Crippen molar-refractivity contribution in [3.8, 4) is 0 Å². The highest BCUT2D eigenvalue weighted by molar-refractivity contribution is 5.79. The fourth-order valence-electron chi connectivity index (χ4n) is 8.36. The van der Waals surface area contributed by atoms with Crippen LogP contribution in [0.1, 0.15) is 78.6 Å². The first kappa shape index (κ1) is 15.9. The number of hydrogen-bond acceptors (Lipinski definition) is 2. The highest BCUT2D eigenvalue weighted by Crippen LogP contribution is 2.69. The Morgan fingerprint density at radius 3 is 2.42 bits per heavy atom. The number of epoxide rings is 1. The molecule has 0 aromatic rings. The van der Waals surface area contributed by atoms with Gasteiger partial charge in [0, 0.05) is 12.8 Å². The zero-order valence-electron chi connectivity index (χ0n) is 15.8. The molecular formula is C22H34O2. The van der Waals surface area contributed by atoms with E-state index in [1.54, 1.807) is 0 Å². The molecule has 8 atom stereocenters. The smallest absolute Gasteiger partial charge is 0.133 e. The zero-order chi connectivity index (χ0) is 16.7. The summed E-state index contributed by atoms with van der Waals surface area (Å²) in [5, 5.41) is 0. The van der Waals surface area contributed by atoms with E-state index < -0.39 is 0 Å². The van der Waals surface area contributed by atoms with Gasteiger partial charge in [-0.2, -0.15) is 0 Å². The van der Waals surface area contributed by atoms with Crippen LogP contribution in [0.2, 0.25) is 0 Å². The average molecular weight is 331 g/mol. The second-order valence-electron chi connectivity index (χ2n) is 10.7. The summed E-state index contributed by atoms with van der Waals surface area (Å²) in [6.45, 7) is 8.52. The van der Waals surface area contributed by atoms with E-state index in [9.17, 15) is 4.79 Å². The lowest BCUT2D eigenvalue weighted by molar-refractivity contribution is -0.140. The summed E-state index contributed by atoms with van der Waals surface area (Å²) in [5.41, 5.74) is 1.17. The molecule has 0 N–H and O–H groups in total. The van der Waals surface area contributed by atoms with Crippen LogP contribution in [0, 0.1) is 40.4 Å². The van der Waals surface area contributed by atoms with Gasteiger partial charge in [0.15, 0.2) is 0 Å². The molecule has 134 valence electrons. The number of ether oxygens (including phenoxy) is 1. The fourth-order valence-corrected chi connectivity index (χ4v) is 8.36. The van der Waals surface area contributed by atoms with Gasteiger partial charge in [-0.15, -0.1) is 0 Å². The summed E-state index contributed by atoms with van der Waals surface area (Å²) in [4.78, 5) is 12.0. The molecule has 0 aromatic carbocycles. The minimum absolute atomic E-state index is 0.203. The molecule has 0 amide bonds. The molecule has 0 radical (unpaired) electrons. The van der Waals surface area contributed by atoms with E-state index in [1.807, 2.05) is 0 Å². The van der Waals surface area contributed by atoms with Crippen molar-refractivity contribution in [3.05, 3.63) is 0 Å². The number of carbonyl (C=O) groups is 1. The molecule has 0 spiro atoms. The van der Waals surface area contributed by atoms with E-state index in [0.717, 1.165) is 43.1 Å². The Morgan fingerprint density at radius 2 is 1.67 bits per heavy atom. The molecule has 4 aliphatic carbocycles. The highest BCUT2D eigenvalue weighted by atomic mass is 16.6. The van der Waals surface area contributed by atoms with Gasteiger partial charge in [-0.1, -0.05) is 13.8 Å². The molecule has 4 saturated carbocycles. The minimum atomic E-state index is 0.203. The predicted molar refractivity (Wildman–Crippen MR) is 94.6 cm³/mol. The lowest BCUT2D eigenvalue weighted by Crippen LogP contribution is -2.54. The van der Waals surface area contributed by atoms with Crippen LogP contribution < -0.4 is 0 Å². The van der Waals surface area contributed by atoms with Crippen molar-refractivity contribution < 1.29 is 9.53 Å². The zero-order valence-corrected chi connectivity index (χ0v) is 15.8. The lowest BCUT2D eigenvalue weighted by Gasteiger charge is -2.60. The SMILES string of the molecule is C[C@]12CCC(=O)C[C@@H]1CC[C@@H]1[C@@H]2CC[C@@]2(C)[C@H]1CC[C@@H]2[C@@]1(C)CO1. The maximum absolute atomic E-state index is 12.0. The molecular weight excluding hydrogens is 296 g/mol. The Labute approximate surface area is 147 Å². The van der Waals surface area contributed by atoms with Crippen molar-refractivity contribution in [1.29, 1.82) is 0 Å². The first-order chi connectivity index (χ1) is 11.4. The molecule has 5 fully saturated rings. The van der Waals surface area contributed by atoms with E-state index in [2.05, 4.69) is 20.8 Å². The van der Waals surface area contributed by atoms with Crippen molar-refractivity contribution in [2.24, 2.45) is 40.4 Å². The Hall–Kier alpha value is -0.370. The maximum atomic E-state index is 12.0. The van der Waals surface area contributed by atoms with Gasteiger partial charge in [0.05, 0.1) is 12.2 Å². The Balaban J connectivity index is 1.44. The first-order valence-corrected chi connectivity index (χ1v) is 10.5. The number of Topliss-reactive ketones (excluding diaryl/α,β-unsaturated/α-hetero) is 1. The third-order valence-corrected chi connectivity index (χ3v) is 9.82. The Bertz CT molecular complexity index is 564. The quantitative estimate of drug-likeness (QED) is 0.633. The van der Waals surface area contributed by atoms with Gasteiger partial charge in [0.2, 0.25) is 0 Å². The van der Waals surface area contributed by atoms with Gasteiger partial charge in [0.25, 0.3) is 0 Å². The number of fused-ring (bicyclic) bond motifs is 5. The number of carbonyl (C=O) groups excluding carboxylic acids is 1. The number of ketones is 1. The summed E-state index contributed by atoms with van der Waals surface area (Å²) in [6, 6.07) is 0. The monoisotopic (exact) mass is 330 g/mol. The van der Waals surface area contributed by atoms with E-state index in [4.69, 9.17) is 4.74 Å². The topological polar surface area (TPSA) is 29.6 Å². The van der Waals surface area contributed by atoms with Crippen LogP contribution >= 0.6 is 0 Å². The van der Waals surface area contributed by atoms with Crippen LogP contribution in [0.4, 0.5) is 0 Å². The van der Waals surface area contributed by atoms with Crippen LogP contribution in [-0.4, -0.2) is 18.0 Å². The molecule has 1 heterocycles. The molecule has 1 saturated heterocycles. The molecule has 5 aliphatic rings. The second kappa shape index (κ2) is 4.87. The predicted octanol–water partition coefficient (Wildman–Crippen LogP) is 5.00. The fraction of sp³-hybridized carbons (Fsp3) is 0.955. The average Bonchev–Trinajstić information content (AvgIpc) is 3.17. The van der Waals surface area contributed by atoms with Crippen molar-refractivity contribution >= 4 is 5.78 Å². The molecule has 0 bridgehead atoms. The van der Waals surface area contributed by atoms with Gasteiger partial charge in [-0.25, -0.2) is 0 Å². The van der Waals surface area contributed by atoms with E-state index in [1.165, 1.54) is 44.9 Å².